The first-order valence-electron chi connectivity index (χ1n) is 8.42. The summed E-state index contributed by atoms with van der Waals surface area (Å²) in [4.78, 5) is 12.5. The lowest BCUT2D eigenvalue weighted by Gasteiger charge is -2.14. The molecule has 4 aromatic rings. The predicted octanol–water partition coefficient (Wildman–Crippen LogP) is 3.63. The molecule has 0 spiro atoms. The maximum absolute atomic E-state index is 4.74. The number of anilines is 1. The van der Waals surface area contributed by atoms with Crippen LogP contribution < -0.4 is 5.32 Å². The molecule has 0 bridgehead atoms. The van der Waals surface area contributed by atoms with Crippen LogP contribution in [0, 0.1) is 0 Å². The van der Waals surface area contributed by atoms with Crippen LogP contribution >= 0.6 is 0 Å². The first-order valence-corrected chi connectivity index (χ1v) is 8.42. The second-order valence-electron chi connectivity index (χ2n) is 6.37. The van der Waals surface area contributed by atoms with Crippen LogP contribution in [-0.2, 0) is 0 Å². The lowest BCUT2D eigenvalue weighted by atomic mass is 10.1. The molecule has 0 atom stereocenters. The fraction of sp³-hybridized carbons (Fsp3) is 0.278. The number of H-pyrrole nitrogens is 1. The number of hydrogen-bond acceptors (Lipinski definition) is 4. The Labute approximate surface area is 138 Å². The molecule has 4 heterocycles. The van der Waals surface area contributed by atoms with Gasteiger partial charge in [0, 0.05) is 41.1 Å². The third-order valence-electron chi connectivity index (χ3n) is 4.81. The van der Waals surface area contributed by atoms with Gasteiger partial charge in [-0.15, -0.1) is 0 Å². The standard InChI is InChI=1S/C18H18N6/c1-2-5-12(4-1)22-16-10-14(13-6-8-19-17(13)23-16)15-11-21-24-9-3-7-20-18(15)24/h3,6-12H,1-2,4-5H2,(H2,19,22,23). The summed E-state index contributed by atoms with van der Waals surface area (Å²) >= 11 is 0. The van der Waals surface area contributed by atoms with E-state index in [4.69, 9.17) is 4.98 Å². The molecule has 120 valence electrons. The van der Waals surface area contributed by atoms with Crippen LogP contribution in [0.3, 0.4) is 0 Å². The fourth-order valence-electron chi connectivity index (χ4n) is 3.63. The number of nitrogens with zero attached hydrogens (tertiary/aromatic N) is 4. The number of aromatic amines is 1. The van der Waals surface area contributed by atoms with Gasteiger partial charge in [-0.05, 0) is 31.0 Å². The number of pyridine rings is 1. The van der Waals surface area contributed by atoms with Crippen molar-refractivity contribution in [3.05, 3.63) is 43.0 Å². The molecule has 1 fully saturated rings. The zero-order chi connectivity index (χ0) is 15.9. The van der Waals surface area contributed by atoms with E-state index in [-0.39, 0.29) is 0 Å². The van der Waals surface area contributed by atoms with Gasteiger partial charge in [0.15, 0.2) is 5.65 Å². The van der Waals surface area contributed by atoms with Gasteiger partial charge in [-0.2, -0.15) is 5.10 Å². The van der Waals surface area contributed by atoms with Gasteiger partial charge in [-0.1, -0.05) is 12.8 Å². The first-order chi connectivity index (χ1) is 11.9. The Morgan fingerprint density at radius 2 is 2.12 bits per heavy atom. The van der Waals surface area contributed by atoms with Crippen molar-refractivity contribution in [2.24, 2.45) is 0 Å². The summed E-state index contributed by atoms with van der Waals surface area (Å²) in [6, 6.07) is 6.60. The third kappa shape index (κ3) is 2.14. The molecule has 1 aliphatic carbocycles. The molecular weight excluding hydrogens is 300 g/mol. The second kappa shape index (κ2) is 5.33. The minimum atomic E-state index is 0.528. The lowest BCUT2D eigenvalue weighted by Crippen LogP contribution is -2.15. The Hall–Kier alpha value is -2.89. The van der Waals surface area contributed by atoms with Crippen molar-refractivity contribution in [1.29, 1.82) is 0 Å². The van der Waals surface area contributed by atoms with Gasteiger partial charge < -0.3 is 10.3 Å². The van der Waals surface area contributed by atoms with Crippen LogP contribution in [0.2, 0.25) is 0 Å². The van der Waals surface area contributed by atoms with Crippen molar-refractivity contribution in [2.45, 2.75) is 31.7 Å². The quantitative estimate of drug-likeness (QED) is 0.605. The number of fused-ring (bicyclic) bond motifs is 2. The summed E-state index contributed by atoms with van der Waals surface area (Å²) in [5.74, 6) is 0.919. The van der Waals surface area contributed by atoms with Crippen molar-refractivity contribution < 1.29 is 0 Å². The van der Waals surface area contributed by atoms with Crippen molar-refractivity contribution in [1.82, 2.24) is 24.6 Å². The number of rotatable bonds is 3. The molecule has 24 heavy (non-hydrogen) atoms. The van der Waals surface area contributed by atoms with Crippen molar-refractivity contribution in [2.75, 3.05) is 5.32 Å². The molecule has 2 N–H and O–H groups in total. The summed E-state index contributed by atoms with van der Waals surface area (Å²) in [6.45, 7) is 0. The maximum Gasteiger partial charge on any atom is 0.162 e. The Morgan fingerprint density at radius 1 is 1.21 bits per heavy atom. The van der Waals surface area contributed by atoms with E-state index in [0.29, 0.717) is 6.04 Å². The summed E-state index contributed by atoms with van der Waals surface area (Å²) < 4.78 is 1.80. The molecule has 0 unspecified atom stereocenters. The number of nitrogens with one attached hydrogen (secondary N) is 2. The molecule has 5 rings (SSSR count). The van der Waals surface area contributed by atoms with Crippen LogP contribution in [0.1, 0.15) is 25.7 Å². The Bertz CT molecular complexity index is 1010. The Balaban J connectivity index is 1.67. The molecular formula is C18H18N6. The van der Waals surface area contributed by atoms with Gasteiger partial charge in [0.25, 0.3) is 0 Å². The highest BCUT2D eigenvalue weighted by molar-refractivity contribution is 5.98. The molecule has 1 aliphatic rings. The normalized spacial score (nSPS) is 15.5. The average molecular weight is 318 g/mol. The topological polar surface area (TPSA) is 70.9 Å². The molecule has 6 nitrogen and oxygen atoms in total. The van der Waals surface area contributed by atoms with Gasteiger partial charge >= 0.3 is 0 Å². The van der Waals surface area contributed by atoms with E-state index in [2.05, 4.69) is 32.5 Å². The zero-order valence-electron chi connectivity index (χ0n) is 13.2. The molecule has 0 aliphatic heterocycles. The van der Waals surface area contributed by atoms with Crippen LogP contribution in [0.4, 0.5) is 5.82 Å². The van der Waals surface area contributed by atoms with Crippen molar-refractivity contribution in [3.8, 4) is 11.1 Å². The summed E-state index contributed by atoms with van der Waals surface area (Å²) in [6.07, 6.45) is 12.6. The van der Waals surface area contributed by atoms with E-state index < -0.39 is 0 Å². The highest BCUT2D eigenvalue weighted by Crippen LogP contribution is 2.32. The minimum Gasteiger partial charge on any atom is -0.367 e. The Morgan fingerprint density at radius 3 is 3.04 bits per heavy atom. The highest BCUT2D eigenvalue weighted by Gasteiger charge is 2.18. The number of aromatic nitrogens is 5. The van der Waals surface area contributed by atoms with E-state index in [0.717, 1.165) is 33.6 Å². The van der Waals surface area contributed by atoms with Crippen LogP contribution in [0.25, 0.3) is 27.8 Å². The zero-order valence-corrected chi connectivity index (χ0v) is 13.2. The van der Waals surface area contributed by atoms with E-state index in [1.807, 2.05) is 24.7 Å². The van der Waals surface area contributed by atoms with Crippen molar-refractivity contribution in [3.63, 3.8) is 0 Å². The van der Waals surface area contributed by atoms with Crippen LogP contribution in [-0.4, -0.2) is 30.6 Å². The third-order valence-corrected chi connectivity index (χ3v) is 4.81. The highest BCUT2D eigenvalue weighted by atomic mass is 15.2. The second-order valence-corrected chi connectivity index (χ2v) is 6.37. The van der Waals surface area contributed by atoms with E-state index >= 15 is 0 Å². The van der Waals surface area contributed by atoms with E-state index in [1.54, 1.807) is 10.7 Å². The monoisotopic (exact) mass is 318 g/mol. The molecule has 0 radical (unpaired) electrons. The van der Waals surface area contributed by atoms with Gasteiger partial charge in [0.1, 0.15) is 11.5 Å². The SMILES string of the molecule is c1cnc2c(-c3cc(NC4CCCC4)nc4[nH]ccc34)cnn2c1. The van der Waals surface area contributed by atoms with Crippen LogP contribution in [0.5, 0.6) is 0 Å². The summed E-state index contributed by atoms with van der Waals surface area (Å²) in [5.41, 5.74) is 3.88. The van der Waals surface area contributed by atoms with Gasteiger partial charge in [-0.3, -0.25) is 0 Å². The fourth-order valence-corrected chi connectivity index (χ4v) is 3.63. The maximum atomic E-state index is 4.74. The van der Waals surface area contributed by atoms with Crippen LogP contribution in [0.15, 0.2) is 43.0 Å². The smallest absolute Gasteiger partial charge is 0.162 e. The molecule has 0 saturated heterocycles. The molecule has 0 amide bonds. The van der Waals surface area contributed by atoms with Gasteiger partial charge in [-0.25, -0.2) is 14.5 Å². The summed E-state index contributed by atoms with van der Waals surface area (Å²) in [7, 11) is 0. The van der Waals surface area contributed by atoms with Gasteiger partial charge in [0.05, 0.1) is 6.20 Å². The first kappa shape index (κ1) is 13.5. The summed E-state index contributed by atoms with van der Waals surface area (Å²) in [5, 5.41) is 9.11. The molecule has 1 saturated carbocycles. The van der Waals surface area contributed by atoms with Crippen molar-refractivity contribution >= 4 is 22.5 Å². The van der Waals surface area contributed by atoms with Gasteiger partial charge in [0.2, 0.25) is 0 Å². The Kier molecular flexibility index (Phi) is 3.01. The predicted molar refractivity (Wildman–Crippen MR) is 94.0 cm³/mol. The lowest BCUT2D eigenvalue weighted by molar-refractivity contribution is 0.751. The van der Waals surface area contributed by atoms with E-state index in [1.165, 1.54) is 25.7 Å². The molecule has 6 heteroatoms. The largest absolute Gasteiger partial charge is 0.367 e. The average Bonchev–Trinajstić information content (AvgIpc) is 3.34. The number of hydrogen-bond donors (Lipinski definition) is 2. The molecule has 0 aromatic carbocycles. The molecule has 4 aromatic heterocycles. The van der Waals surface area contributed by atoms with E-state index in [9.17, 15) is 0 Å². The minimum absolute atomic E-state index is 0.528.